The van der Waals surface area contributed by atoms with Gasteiger partial charge in [-0.2, -0.15) is 0 Å². The van der Waals surface area contributed by atoms with E-state index in [-0.39, 0.29) is 6.61 Å². The number of hydrogen-bond donors (Lipinski definition) is 2. The predicted octanol–water partition coefficient (Wildman–Crippen LogP) is 1.22. The third-order valence-corrected chi connectivity index (χ3v) is 2.37. The summed E-state index contributed by atoms with van der Waals surface area (Å²) in [6.45, 7) is 3.16. The Morgan fingerprint density at radius 1 is 1.64 bits per heavy atom. The summed E-state index contributed by atoms with van der Waals surface area (Å²) in [5.41, 5.74) is 0.846. The van der Waals surface area contributed by atoms with Crippen molar-refractivity contribution in [1.29, 1.82) is 0 Å². The first-order valence-electron chi connectivity index (χ1n) is 3.51. The van der Waals surface area contributed by atoms with Crippen molar-refractivity contribution in [2.75, 3.05) is 19.4 Å². The minimum atomic E-state index is -2.86. The Labute approximate surface area is 67.2 Å². The summed E-state index contributed by atoms with van der Waals surface area (Å²) in [6, 6.07) is 0. The van der Waals surface area contributed by atoms with Crippen LogP contribution in [0.25, 0.3) is 0 Å². The van der Waals surface area contributed by atoms with Crippen molar-refractivity contribution in [3.05, 3.63) is 11.6 Å². The first-order valence-corrected chi connectivity index (χ1v) is 5.80. The molecule has 0 aromatic heterocycles. The summed E-state index contributed by atoms with van der Waals surface area (Å²) in [6.07, 6.45) is 2.65. The molecule has 0 aliphatic rings. The molecule has 0 spiro atoms. The highest BCUT2D eigenvalue weighted by atomic mass is 31.2. The molecule has 11 heavy (non-hydrogen) atoms. The highest BCUT2D eigenvalue weighted by molar-refractivity contribution is 7.57. The normalized spacial score (nSPS) is 18.0. The van der Waals surface area contributed by atoms with Crippen molar-refractivity contribution < 1.29 is 14.6 Å². The number of allylic oxidation sites excluding steroid dienone is 1. The third kappa shape index (κ3) is 7.79. The fourth-order valence-corrected chi connectivity index (χ4v) is 1.22. The zero-order valence-corrected chi connectivity index (χ0v) is 7.84. The monoisotopic (exact) mass is 178 g/mol. The first-order chi connectivity index (χ1) is 4.95. The fourth-order valence-electron chi connectivity index (χ4n) is 0.615. The first kappa shape index (κ1) is 10.9. The van der Waals surface area contributed by atoms with E-state index >= 15 is 0 Å². The molecule has 1 atom stereocenters. The van der Waals surface area contributed by atoms with E-state index in [9.17, 15) is 4.57 Å². The van der Waals surface area contributed by atoms with Gasteiger partial charge in [0.05, 0.1) is 6.61 Å². The Hall–Kier alpha value is -0.110. The summed E-state index contributed by atoms with van der Waals surface area (Å²) < 4.78 is 10.7. The maximum atomic E-state index is 10.7. The molecular formula is C7H15O3P. The highest BCUT2D eigenvalue weighted by Gasteiger charge is 2.06. The van der Waals surface area contributed by atoms with E-state index in [2.05, 4.69) is 0 Å². The Bertz CT molecular complexity index is 180. The lowest BCUT2D eigenvalue weighted by Gasteiger charge is -2.01. The molecule has 0 amide bonds. The van der Waals surface area contributed by atoms with Gasteiger partial charge in [0.25, 0.3) is 0 Å². The van der Waals surface area contributed by atoms with Crippen molar-refractivity contribution >= 4 is 7.37 Å². The summed E-state index contributed by atoms with van der Waals surface area (Å²) in [5.74, 6) is 0. The molecule has 0 saturated heterocycles. The SMILES string of the molecule is C/C(=C\CCP(C)(=O)O)CO. The highest BCUT2D eigenvalue weighted by Crippen LogP contribution is 2.35. The summed E-state index contributed by atoms with van der Waals surface area (Å²) in [7, 11) is -2.86. The molecule has 0 aliphatic carbocycles. The van der Waals surface area contributed by atoms with Gasteiger partial charge in [0.15, 0.2) is 7.37 Å². The maximum Gasteiger partial charge on any atom is 0.197 e. The molecule has 4 heteroatoms. The van der Waals surface area contributed by atoms with Crippen LogP contribution in [-0.4, -0.2) is 29.4 Å². The van der Waals surface area contributed by atoms with E-state index in [0.717, 1.165) is 5.57 Å². The van der Waals surface area contributed by atoms with Crippen LogP contribution >= 0.6 is 7.37 Å². The molecular weight excluding hydrogens is 163 g/mol. The van der Waals surface area contributed by atoms with Gasteiger partial charge in [-0.3, -0.25) is 4.57 Å². The van der Waals surface area contributed by atoms with Crippen LogP contribution in [0.1, 0.15) is 13.3 Å². The smallest absolute Gasteiger partial charge is 0.197 e. The van der Waals surface area contributed by atoms with Gasteiger partial charge in [-0.05, 0) is 13.3 Å². The minimum Gasteiger partial charge on any atom is -0.392 e. The van der Waals surface area contributed by atoms with E-state index in [0.29, 0.717) is 12.6 Å². The summed E-state index contributed by atoms with van der Waals surface area (Å²) in [5, 5.41) is 8.56. The maximum absolute atomic E-state index is 10.7. The molecule has 0 heterocycles. The Kier molecular flexibility index (Phi) is 4.66. The quantitative estimate of drug-likeness (QED) is 0.502. The van der Waals surface area contributed by atoms with Crippen molar-refractivity contribution in [1.82, 2.24) is 0 Å². The van der Waals surface area contributed by atoms with E-state index in [1.807, 2.05) is 0 Å². The predicted molar refractivity (Wildman–Crippen MR) is 46.1 cm³/mol. The van der Waals surface area contributed by atoms with Crippen LogP contribution in [-0.2, 0) is 4.57 Å². The summed E-state index contributed by atoms with van der Waals surface area (Å²) >= 11 is 0. The van der Waals surface area contributed by atoms with Gasteiger partial charge >= 0.3 is 0 Å². The van der Waals surface area contributed by atoms with E-state index < -0.39 is 7.37 Å². The minimum absolute atomic E-state index is 0.0272. The third-order valence-electron chi connectivity index (χ3n) is 1.29. The van der Waals surface area contributed by atoms with Gasteiger partial charge in [-0.1, -0.05) is 11.6 Å². The van der Waals surface area contributed by atoms with Crippen molar-refractivity contribution in [3.8, 4) is 0 Å². The van der Waals surface area contributed by atoms with Gasteiger partial charge in [0, 0.05) is 12.8 Å². The van der Waals surface area contributed by atoms with E-state index in [1.54, 1.807) is 13.0 Å². The molecule has 0 aromatic carbocycles. The molecule has 0 rings (SSSR count). The van der Waals surface area contributed by atoms with Crippen LogP contribution < -0.4 is 0 Å². The lowest BCUT2D eigenvalue weighted by molar-refractivity contribution is 0.331. The molecule has 0 radical (unpaired) electrons. The van der Waals surface area contributed by atoms with Gasteiger partial charge in [-0.15, -0.1) is 0 Å². The molecule has 0 fully saturated rings. The van der Waals surface area contributed by atoms with E-state index in [1.165, 1.54) is 6.66 Å². The Morgan fingerprint density at radius 3 is 2.55 bits per heavy atom. The lowest BCUT2D eigenvalue weighted by Crippen LogP contribution is -1.88. The van der Waals surface area contributed by atoms with Crippen LogP contribution in [0.5, 0.6) is 0 Å². The zero-order chi connectivity index (χ0) is 8.91. The second kappa shape index (κ2) is 4.70. The Balaban J connectivity index is 3.66. The average molecular weight is 178 g/mol. The Morgan fingerprint density at radius 2 is 2.18 bits per heavy atom. The standard InChI is InChI=1S/C7H15O3P/c1-7(6-8)4-3-5-11(2,9)10/h4,8H,3,5-6H2,1-2H3,(H,9,10)/b7-4+. The average Bonchev–Trinajstić information content (AvgIpc) is 1.85. The van der Waals surface area contributed by atoms with Crippen LogP contribution in [0.3, 0.4) is 0 Å². The van der Waals surface area contributed by atoms with Crippen molar-refractivity contribution in [2.45, 2.75) is 13.3 Å². The molecule has 0 aliphatic heterocycles. The number of aliphatic hydroxyl groups is 1. The second-order valence-corrected chi connectivity index (χ2v) is 5.32. The number of aliphatic hydroxyl groups excluding tert-OH is 1. The van der Waals surface area contributed by atoms with Gasteiger partial charge in [0.2, 0.25) is 0 Å². The van der Waals surface area contributed by atoms with Crippen molar-refractivity contribution in [2.24, 2.45) is 0 Å². The number of rotatable bonds is 4. The van der Waals surface area contributed by atoms with Crippen LogP contribution in [0, 0.1) is 0 Å². The molecule has 0 aromatic rings. The largest absolute Gasteiger partial charge is 0.392 e. The number of hydrogen-bond acceptors (Lipinski definition) is 2. The molecule has 0 saturated carbocycles. The topological polar surface area (TPSA) is 57.5 Å². The molecule has 2 N–H and O–H groups in total. The lowest BCUT2D eigenvalue weighted by atomic mass is 10.3. The van der Waals surface area contributed by atoms with Gasteiger partial charge in [-0.25, -0.2) is 0 Å². The van der Waals surface area contributed by atoms with Crippen LogP contribution in [0.2, 0.25) is 0 Å². The van der Waals surface area contributed by atoms with E-state index in [4.69, 9.17) is 10.00 Å². The second-order valence-electron chi connectivity index (χ2n) is 2.77. The molecule has 66 valence electrons. The molecule has 3 nitrogen and oxygen atoms in total. The summed E-state index contributed by atoms with van der Waals surface area (Å²) in [4.78, 5) is 8.87. The van der Waals surface area contributed by atoms with Crippen molar-refractivity contribution in [3.63, 3.8) is 0 Å². The fraction of sp³-hybridized carbons (Fsp3) is 0.714. The van der Waals surface area contributed by atoms with Gasteiger partial charge < -0.3 is 10.00 Å². The van der Waals surface area contributed by atoms with Crippen LogP contribution in [0.15, 0.2) is 11.6 Å². The molecule has 1 unspecified atom stereocenters. The zero-order valence-electron chi connectivity index (χ0n) is 6.95. The van der Waals surface area contributed by atoms with Crippen LogP contribution in [0.4, 0.5) is 0 Å². The molecule has 0 bridgehead atoms. The van der Waals surface area contributed by atoms with Gasteiger partial charge in [0.1, 0.15) is 0 Å².